The molecule has 10 rings (SSSR count). The van der Waals surface area contributed by atoms with Crippen LogP contribution >= 0.6 is 0 Å². The average Bonchev–Trinajstić information content (AvgIpc) is 3.58. The third-order valence-electron chi connectivity index (χ3n) is 12.1. The number of fused-ring (bicyclic) bond motifs is 8. The van der Waals surface area contributed by atoms with Crippen molar-refractivity contribution in [3.8, 4) is 33.8 Å². The number of hydrogen-bond acceptors (Lipinski definition) is 5. The van der Waals surface area contributed by atoms with Crippen LogP contribution in [0.15, 0.2) is 149 Å². The number of rotatable bonds is 6. The van der Waals surface area contributed by atoms with Crippen molar-refractivity contribution in [2.45, 2.75) is 45.4 Å². The molecular formula is C51H39NO4. The number of carbonyl (C=O) groups is 1. The summed E-state index contributed by atoms with van der Waals surface area (Å²) in [5, 5.41) is 0.908. The number of hydrogen-bond donors (Lipinski definition) is 0. The molecule has 0 saturated heterocycles. The van der Waals surface area contributed by atoms with E-state index in [-0.39, 0.29) is 16.3 Å². The largest absolute Gasteiger partial charge is 0.456 e. The van der Waals surface area contributed by atoms with Crippen LogP contribution in [0, 0.1) is 6.92 Å². The molecule has 56 heavy (non-hydrogen) atoms. The zero-order chi connectivity index (χ0) is 38.5. The van der Waals surface area contributed by atoms with Gasteiger partial charge in [-0.15, -0.1) is 0 Å². The predicted octanol–water partition coefficient (Wildman–Crippen LogP) is 12.9. The lowest BCUT2D eigenvalue weighted by atomic mass is 9.82. The quantitative estimate of drug-likeness (QED) is 0.126. The third-order valence-corrected chi connectivity index (χ3v) is 12.1. The Morgan fingerprint density at radius 3 is 1.77 bits per heavy atom. The molecule has 0 unspecified atom stereocenters. The van der Waals surface area contributed by atoms with Gasteiger partial charge in [-0.05, 0) is 118 Å². The van der Waals surface area contributed by atoms with E-state index in [0.29, 0.717) is 44.7 Å². The summed E-state index contributed by atoms with van der Waals surface area (Å²) in [4.78, 5) is 28.9. The maximum absolute atomic E-state index is 13.7. The van der Waals surface area contributed by atoms with E-state index in [0.717, 1.165) is 23.2 Å². The van der Waals surface area contributed by atoms with Crippen LogP contribution in [0.5, 0.6) is 11.5 Å². The Balaban J connectivity index is 1.19. The second kappa shape index (κ2) is 12.1. The fraction of sp³-hybridized carbons (Fsp3) is 0.137. The molecular weight excluding hydrogens is 691 g/mol. The smallest absolute Gasteiger partial charge is 0.200 e. The van der Waals surface area contributed by atoms with Gasteiger partial charge in [-0.1, -0.05) is 107 Å². The van der Waals surface area contributed by atoms with E-state index in [1.165, 1.54) is 44.5 Å². The minimum absolute atomic E-state index is 0.138. The van der Waals surface area contributed by atoms with Crippen LogP contribution in [0.25, 0.3) is 44.2 Å². The van der Waals surface area contributed by atoms with Gasteiger partial charge in [0, 0.05) is 22.2 Å². The molecule has 0 aliphatic heterocycles. The average molecular weight is 730 g/mol. The second-order valence-electron chi connectivity index (χ2n) is 16.1. The molecule has 1 aromatic heterocycles. The lowest BCUT2D eigenvalue weighted by molar-refractivity contribution is 0.112. The number of aldehydes is 1. The van der Waals surface area contributed by atoms with Gasteiger partial charge in [0.2, 0.25) is 5.43 Å². The summed E-state index contributed by atoms with van der Waals surface area (Å²) in [5.41, 5.74) is 14.1. The van der Waals surface area contributed by atoms with Crippen LogP contribution in [0.4, 0.5) is 17.1 Å². The number of nitrogens with zero attached hydrogens (tertiary/aromatic N) is 1. The highest BCUT2D eigenvalue weighted by Gasteiger charge is 2.38. The topological polar surface area (TPSA) is 59.8 Å². The van der Waals surface area contributed by atoms with E-state index >= 15 is 0 Å². The van der Waals surface area contributed by atoms with Crippen molar-refractivity contribution in [3.05, 3.63) is 183 Å². The number of benzene rings is 7. The molecule has 0 radical (unpaired) electrons. The van der Waals surface area contributed by atoms with E-state index in [1.807, 2.05) is 37.3 Å². The lowest BCUT2D eigenvalue weighted by Crippen LogP contribution is -2.18. The van der Waals surface area contributed by atoms with Crippen molar-refractivity contribution in [3.63, 3.8) is 0 Å². The molecule has 8 aromatic rings. The number of anilines is 3. The molecule has 0 saturated carbocycles. The summed E-state index contributed by atoms with van der Waals surface area (Å²) in [7, 11) is 0. The Morgan fingerprint density at radius 1 is 0.571 bits per heavy atom. The van der Waals surface area contributed by atoms with Gasteiger partial charge in [0.25, 0.3) is 0 Å². The van der Waals surface area contributed by atoms with Gasteiger partial charge in [-0.2, -0.15) is 0 Å². The molecule has 0 atom stereocenters. The minimum Gasteiger partial charge on any atom is -0.456 e. The molecule has 2 aliphatic carbocycles. The van der Waals surface area contributed by atoms with Gasteiger partial charge in [0.05, 0.1) is 22.0 Å². The van der Waals surface area contributed by atoms with E-state index < -0.39 is 0 Å². The van der Waals surface area contributed by atoms with Crippen molar-refractivity contribution >= 4 is 45.3 Å². The summed E-state index contributed by atoms with van der Waals surface area (Å²) < 4.78 is 13.0. The number of ether oxygens (including phenoxy) is 1. The molecule has 0 N–H and O–H groups in total. The molecule has 2 aliphatic rings. The van der Waals surface area contributed by atoms with Crippen molar-refractivity contribution in [1.29, 1.82) is 0 Å². The molecule has 0 amide bonds. The van der Waals surface area contributed by atoms with Crippen molar-refractivity contribution < 1.29 is 13.9 Å². The molecule has 1 heterocycles. The Hall–Kier alpha value is -6.72. The number of carbonyl (C=O) groups excluding carboxylic acids is 1. The normalized spacial score (nSPS) is 14.2. The predicted molar refractivity (Wildman–Crippen MR) is 226 cm³/mol. The lowest BCUT2D eigenvalue weighted by Gasteiger charge is -2.31. The Morgan fingerprint density at radius 2 is 1.14 bits per heavy atom. The van der Waals surface area contributed by atoms with Crippen LogP contribution in [-0.4, -0.2) is 6.29 Å². The van der Waals surface area contributed by atoms with Crippen molar-refractivity contribution in [2.24, 2.45) is 0 Å². The summed E-state index contributed by atoms with van der Waals surface area (Å²) in [6.45, 7) is 11.1. The van der Waals surface area contributed by atoms with E-state index in [1.54, 1.807) is 24.3 Å². The minimum atomic E-state index is -0.230. The van der Waals surface area contributed by atoms with Crippen molar-refractivity contribution in [1.82, 2.24) is 0 Å². The fourth-order valence-corrected chi connectivity index (χ4v) is 9.16. The second-order valence-corrected chi connectivity index (χ2v) is 16.1. The maximum Gasteiger partial charge on any atom is 0.200 e. The van der Waals surface area contributed by atoms with Gasteiger partial charge >= 0.3 is 0 Å². The summed E-state index contributed by atoms with van der Waals surface area (Å²) in [6.07, 6.45) is 0.833. The first-order valence-electron chi connectivity index (χ1n) is 19.1. The third kappa shape index (κ3) is 4.86. The first-order chi connectivity index (χ1) is 27.1. The molecule has 0 fully saturated rings. The van der Waals surface area contributed by atoms with Gasteiger partial charge in [-0.3, -0.25) is 9.59 Å². The Kier molecular flexibility index (Phi) is 7.33. The summed E-state index contributed by atoms with van der Waals surface area (Å²) in [6, 6.07) is 47.1. The van der Waals surface area contributed by atoms with Crippen LogP contribution in [0.3, 0.4) is 0 Å². The standard InChI is InChI=1S/C51H39NO4/c1-30-25-47-39(48(54)38-16-8-11-20-45(38)55-47)28-46(30)56-49-31(29-53)13-12-19-44(49)52(32-21-23-36-34-14-6-9-17-40(34)50(2,3)42(36)26-32)33-22-24-37-35-15-7-10-18-41(35)51(4,5)43(37)27-33/h6-29H,1-5H3. The highest BCUT2D eigenvalue weighted by molar-refractivity contribution is 5.94. The Labute approximate surface area is 325 Å². The van der Waals surface area contributed by atoms with Crippen molar-refractivity contribution in [2.75, 3.05) is 4.90 Å². The SMILES string of the molecule is Cc1cc2oc3ccccc3c(=O)c2cc1Oc1c(C=O)cccc1N(c1ccc2c(c1)C(C)(C)c1ccccc1-2)c1ccc2c(c1)C(C)(C)c1ccccc1-2. The van der Waals surface area contributed by atoms with Gasteiger partial charge in [0.1, 0.15) is 16.9 Å². The fourth-order valence-electron chi connectivity index (χ4n) is 9.16. The highest BCUT2D eigenvalue weighted by atomic mass is 16.5. The summed E-state index contributed by atoms with van der Waals surface area (Å²) >= 11 is 0. The van der Waals surface area contributed by atoms with E-state index in [9.17, 15) is 9.59 Å². The first-order valence-corrected chi connectivity index (χ1v) is 19.1. The van der Waals surface area contributed by atoms with Crippen LogP contribution in [0.2, 0.25) is 0 Å². The van der Waals surface area contributed by atoms with E-state index in [2.05, 4.69) is 118 Å². The van der Waals surface area contributed by atoms with Crippen LogP contribution in [-0.2, 0) is 10.8 Å². The highest BCUT2D eigenvalue weighted by Crippen LogP contribution is 2.54. The van der Waals surface area contributed by atoms with Gasteiger partial charge in [-0.25, -0.2) is 0 Å². The zero-order valence-corrected chi connectivity index (χ0v) is 31.9. The molecule has 5 nitrogen and oxygen atoms in total. The van der Waals surface area contributed by atoms with Crippen LogP contribution in [0.1, 0.15) is 65.9 Å². The maximum atomic E-state index is 13.7. The van der Waals surface area contributed by atoms with E-state index in [4.69, 9.17) is 9.15 Å². The van der Waals surface area contributed by atoms with Crippen LogP contribution < -0.4 is 15.1 Å². The summed E-state index contributed by atoms with van der Waals surface area (Å²) in [5.74, 6) is 0.855. The number of para-hydroxylation sites is 2. The number of aryl methyl sites for hydroxylation is 1. The Bertz CT molecular complexity index is 2920. The molecule has 0 spiro atoms. The monoisotopic (exact) mass is 729 g/mol. The zero-order valence-electron chi connectivity index (χ0n) is 31.9. The molecule has 7 aromatic carbocycles. The van der Waals surface area contributed by atoms with Gasteiger partial charge in [0.15, 0.2) is 12.0 Å². The molecule has 0 bridgehead atoms. The molecule has 5 heteroatoms. The first kappa shape index (κ1) is 33.8. The van der Waals surface area contributed by atoms with Gasteiger partial charge < -0.3 is 14.1 Å². The molecule has 272 valence electrons.